The first kappa shape index (κ1) is 15.7. The number of aryl methyl sites for hydroxylation is 1. The molecule has 2 heterocycles. The van der Waals surface area contributed by atoms with Crippen molar-refractivity contribution in [1.82, 2.24) is 14.9 Å². The Hall–Kier alpha value is -2.14. The summed E-state index contributed by atoms with van der Waals surface area (Å²) >= 11 is 5.99. The van der Waals surface area contributed by atoms with Crippen LogP contribution >= 0.6 is 11.6 Å². The van der Waals surface area contributed by atoms with E-state index in [4.69, 9.17) is 11.6 Å². The van der Waals surface area contributed by atoms with Gasteiger partial charge in [-0.1, -0.05) is 23.7 Å². The lowest BCUT2D eigenvalue weighted by Crippen LogP contribution is -2.30. The molecule has 1 aliphatic rings. The van der Waals surface area contributed by atoms with Gasteiger partial charge < -0.3 is 10.2 Å². The number of hydrogen-bond donors (Lipinski definition) is 1. The standard InChI is InChI=1S/C17H19ClN4O/c1-12-5-7-19-17(20-12)21-15-10-16(23)22(11-15)8-6-13-3-2-4-14(18)9-13/h2-5,7,9,15H,6,8,10-11H2,1H3,(H,19,20,21)/t15-/m0/s1. The highest BCUT2D eigenvalue weighted by Crippen LogP contribution is 2.17. The second kappa shape index (κ2) is 6.96. The molecule has 0 spiro atoms. The van der Waals surface area contributed by atoms with Crippen LogP contribution in [0.5, 0.6) is 0 Å². The molecule has 1 amide bonds. The summed E-state index contributed by atoms with van der Waals surface area (Å²) in [6, 6.07) is 9.67. The second-order valence-electron chi connectivity index (χ2n) is 5.79. The lowest BCUT2D eigenvalue weighted by atomic mass is 10.1. The Morgan fingerprint density at radius 3 is 3.04 bits per heavy atom. The van der Waals surface area contributed by atoms with Crippen molar-refractivity contribution in [1.29, 1.82) is 0 Å². The molecule has 1 aliphatic heterocycles. The molecule has 1 aromatic heterocycles. The van der Waals surface area contributed by atoms with Crippen LogP contribution in [0, 0.1) is 6.92 Å². The SMILES string of the molecule is Cc1ccnc(N[C@H]2CC(=O)N(CCc3cccc(Cl)c3)C2)n1. The molecule has 2 aromatic rings. The minimum Gasteiger partial charge on any atom is -0.349 e. The lowest BCUT2D eigenvalue weighted by Gasteiger charge is -2.17. The quantitative estimate of drug-likeness (QED) is 0.915. The first-order valence-corrected chi connectivity index (χ1v) is 8.06. The number of nitrogens with one attached hydrogen (secondary N) is 1. The van der Waals surface area contributed by atoms with Crippen molar-refractivity contribution < 1.29 is 4.79 Å². The monoisotopic (exact) mass is 330 g/mol. The fraction of sp³-hybridized carbons (Fsp3) is 0.353. The van der Waals surface area contributed by atoms with Crippen LogP contribution in [-0.4, -0.2) is 39.9 Å². The van der Waals surface area contributed by atoms with Crippen LogP contribution in [0.4, 0.5) is 5.95 Å². The molecule has 1 fully saturated rings. The van der Waals surface area contributed by atoms with Gasteiger partial charge in [-0.15, -0.1) is 0 Å². The lowest BCUT2D eigenvalue weighted by molar-refractivity contribution is -0.127. The fourth-order valence-electron chi connectivity index (χ4n) is 2.74. The number of likely N-dealkylation sites (tertiary alicyclic amines) is 1. The molecule has 120 valence electrons. The normalized spacial score (nSPS) is 17.6. The summed E-state index contributed by atoms with van der Waals surface area (Å²) in [6.07, 6.45) is 3.01. The molecule has 0 bridgehead atoms. The smallest absolute Gasteiger partial charge is 0.224 e. The van der Waals surface area contributed by atoms with Gasteiger partial charge in [0.15, 0.2) is 0 Å². The van der Waals surface area contributed by atoms with Crippen LogP contribution in [0.15, 0.2) is 36.5 Å². The average Bonchev–Trinajstić information content (AvgIpc) is 2.85. The summed E-state index contributed by atoms with van der Waals surface area (Å²) in [4.78, 5) is 22.5. The third-order valence-corrected chi connectivity index (χ3v) is 4.14. The molecule has 5 nitrogen and oxygen atoms in total. The van der Waals surface area contributed by atoms with E-state index in [2.05, 4.69) is 15.3 Å². The molecule has 23 heavy (non-hydrogen) atoms. The molecular weight excluding hydrogens is 312 g/mol. The largest absolute Gasteiger partial charge is 0.349 e. The van der Waals surface area contributed by atoms with E-state index in [1.54, 1.807) is 6.20 Å². The zero-order valence-electron chi connectivity index (χ0n) is 13.0. The molecule has 0 saturated carbocycles. The summed E-state index contributed by atoms with van der Waals surface area (Å²) in [5, 5.41) is 3.97. The van der Waals surface area contributed by atoms with Crippen LogP contribution in [0.25, 0.3) is 0 Å². The highest BCUT2D eigenvalue weighted by atomic mass is 35.5. The first-order chi connectivity index (χ1) is 11.1. The summed E-state index contributed by atoms with van der Waals surface area (Å²) < 4.78 is 0. The fourth-order valence-corrected chi connectivity index (χ4v) is 2.96. The van der Waals surface area contributed by atoms with Crippen molar-refractivity contribution in [3.8, 4) is 0 Å². The first-order valence-electron chi connectivity index (χ1n) is 7.68. The number of nitrogens with zero attached hydrogens (tertiary/aromatic N) is 3. The maximum Gasteiger partial charge on any atom is 0.224 e. The van der Waals surface area contributed by atoms with Crippen molar-refractivity contribution in [3.05, 3.63) is 52.8 Å². The maximum atomic E-state index is 12.1. The van der Waals surface area contributed by atoms with Gasteiger partial charge in [0.2, 0.25) is 11.9 Å². The Morgan fingerprint density at radius 2 is 2.26 bits per heavy atom. The molecular formula is C17H19ClN4O. The third kappa shape index (κ3) is 4.20. The zero-order chi connectivity index (χ0) is 16.2. The molecule has 0 aliphatic carbocycles. The molecule has 0 radical (unpaired) electrons. The van der Waals surface area contributed by atoms with Crippen LogP contribution < -0.4 is 5.32 Å². The molecule has 1 aromatic carbocycles. The van der Waals surface area contributed by atoms with E-state index in [-0.39, 0.29) is 11.9 Å². The van der Waals surface area contributed by atoms with Crippen molar-refractivity contribution >= 4 is 23.5 Å². The van der Waals surface area contributed by atoms with E-state index in [0.717, 1.165) is 22.7 Å². The highest BCUT2D eigenvalue weighted by Gasteiger charge is 2.29. The van der Waals surface area contributed by atoms with Gasteiger partial charge in [0, 0.05) is 36.4 Å². The molecule has 1 N–H and O–H groups in total. The number of rotatable bonds is 5. The topological polar surface area (TPSA) is 58.1 Å². The van der Waals surface area contributed by atoms with Gasteiger partial charge in [0.25, 0.3) is 0 Å². The van der Waals surface area contributed by atoms with E-state index >= 15 is 0 Å². The predicted molar refractivity (Wildman–Crippen MR) is 90.5 cm³/mol. The maximum absolute atomic E-state index is 12.1. The molecule has 6 heteroatoms. The Bertz CT molecular complexity index is 706. The number of carbonyl (C=O) groups excluding carboxylic acids is 1. The molecule has 1 atom stereocenters. The number of amides is 1. The summed E-state index contributed by atoms with van der Waals surface area (Å²) in [7, 11) is 0. The van der Waals surface area contributed by atoms with Crippen molar-refractivity contribution in [3.63, 3.8) is 0 Å². The number of hydrogen-bond acceptors (Lipinski definition) is 4. The molecule has 0 unspecified atom stereocenters. The summed E-state index contributed by atoms with van der Waals surface area (Å²) in [5.74, 6) is 0.747. The van der Waals surface area contributed by atoms with Crippen molar-refractivity contribution in [2.75, 3.05) is 18.4 Å². The van der Waals surface area contributed by atoms with E-state index in [1.807, 2.05) is 42.2 Å². The number of benzene rings is 1. The highest BCUT2D eigenvalue weighted by molar-refractivity contribution is 6.30. The second-order valence-corrected chi connectivity index (χ2v) is 6.22. The van der Waals surface area contributed by atoms with E-state index < -0.39 is 0 Å². The van der Waals surface area contributed by atoms with Gasteiger partial charge in [-0.2, -0.15) is 0 Å². The zero-order valence-corrected chi connectivity index (χ0v) is 13.8. The third-order valence-electron chi connectivity index (χ3n) is 3.90. The van der Waals surface area contributed by atoms with Crippen LogP contribution in [0.2, 0.25) is 5.02 Å². The summed E-state index contributed by atoms with van der Waals surface area (Å²) in [5.41, 5.74) is 2.05. The Labute approximate surface area is 140 Å². The van der Waals surface area contributed by atoms with Gasteiger partial charge in [0.05, 0.1) is 6.04 Å². The van der Waals surface area contributed by atoms with E-state index in [1.165, 1.54) is 0 Å². The number of halogens is 1. The number of anilines is 1. The van der Waals surface area contributed by atoms with Gasteiger partial charge in [-0.05, 0) is 37.1 Å². The minimum absolute atomic E-state index is 0.0589. The van der Waals surface area contributed by atoms with Gasteiger partial charge in [-0.3, -0.25) is 4.79 Å². The van der Waals surface area contributed by atoms with Crippen LogP contribution in [-0.2, 0) is 11.2 Å². The van der Waals surface area contributed by atoms with Crippen LogP contribution in [0.1, 0.15) is 17.7 Å². The van der Waals surface area contributed by atoms with E-state index in [0.29, 0.717) is 25.5 Å². The Balaban J connectivity index is 1.55. The Morgan fingerprint density at radius 1 is 1.39 bits per heavy atom. The number of carbonyl (C=O) groups is 1. The van der Waals surface area contributed by atoms with Gasteiger partial charge in [0.1, 0.15) is 0 Å². The summed E-state index contributed by atoms with van der Waals surface area (Å²) in [6.45, 7) is 3.30. The minimum atomic E-state index is 0.0589. The predicted octanol–water partition coefficient (Wildman–Crippen LogP) is 2.69. The Kier molecular flexibility index (Phi) is 4.76. The van der Waals surface area contributed by atoms with Gasteiger partial charge in [-0.25, -0.2) is 9.97 Å². The van der Waals surface area contributed by atoms with Crippen molar-refractivity contribution in [2.45, 2.75) is 25.8 Å². The average molecular weight is 331 g/mol. The molecule has 1 saturated heterocycles. The van der Waals surface area contributed by atoms with Crippen LogP contribution in [0.3, 0.4) is 0 Å². The van der Waals surface area contributed by atoms with E-state index in [9.17, 15) is 4.79 Å². The molecule has 3 rings (SSSR count). The van der Waals surface area contributed by atoms with Crippen molar-refractivity contribution in [2.24, 2.45) is 0 Å². The number of aromatic nitrogens is 2. The van der Waals surface area contributed by atoms with Gasteiger partial charge >= 0.3 is 0 Å².